The van der Waals surface area contributed by atoms with Crippen LogP contribution in [0.1, 0.15) is 34.5 Å². The lowest BCUT2D eigenvalue weighted by Crippen LogP contribution is -2.28. The van der Waals surface area contributed by atoms with E-state index in [4.69, 9.17) is 0 Å². The molecule has 0 radical (unpaired) electrons. The fraction of sp³-hybridized carbons (Fsp3) is 0.429. The van der Waals surface area contributed by atoms with Crippen molar-refractivity contribution in [2.75, 3.05) is 5.32 Å². The van der Waals surface area contributed by atoms with Gasteiger partial charge in [-0.15, -0.1) is 5.10 Å². The molecule has 0 fully saturated rings. The van der Waals surface area contributed by atoms with Gasteiger partial charge in [0.1, 0.15) is 11.6 Å². The van der Waals surface area contributed by atoms with E-state index in [0.29, 0.717) is 11.4 Å². The third kappa shape index (κ3) is 2.11. The van der Waals surface area contributed by atoms with Gasteiger partial charge in [0.2, 0.25) is 0 Å². The minimum absolute atomic E-state index is 0.256. The molecule has 0 bridgehead atoms. The van der Waals surface area contributed by atoms with Gasteiger partial charge < -0.3 is 5.32 Å². The Morgan fingerprint density at radius 2 is 2.25 bits per heavy atom. The number of aryl methyl sites for hydroxylation is 2. The summed E-state index contributed by atoms with van der Waals surface area (Å²) in [4.78, 5) is 0. The van der Waals surface area contributed by atoms with Gasteiger partial charge in [0.15, 0.2) is 5.82 Å². The highest BCUT2D eigenvalue weighted by Crippen LogP contribution is 2.24. The molecule has 2 N–H and O–H groups in total. The molecule has 0 aliphatic heterocycles. The number of hydrogen-bond donors (Lipinski definition) is 2. The second kappa shape index (κ2) is 4.93. The largest absolute Gasteiger partial charge is 0.364 e. The van der Waals surface area contributed by atoms with Gasteiger partial charge in [-0.25, -0.2) is 0 Å². The highest BCUT2D eigenvalue weighted by atomic mass is 15.2. The average Bonchev–Trinajstić information content (AvgIpc) is 2.91. The van der Waals surface area contributed by atoms with Crippen LogP contribution in [-0.2, 0) is 12.8 Å². The molecule has 1 atom stereocenters. The molecule has 0 amide bonds. The monoisotopic (exact) mass is 268 g/mol. The molecule has 6 nitrogen and oxygen atoms in total. The number of nitrogens with one attached hydrogen (secondary N) is 2. The molecule has 20 heavy (non-hydrogen) atoms. The van der Waals surface area contributed by atoms with Crippen molar-refractivity contribution in [3.05, 3.63) is 34.3 Å². The van der Waals surface area contributed by atoms with Crippen LogP contribution in [0.4, 0.5) is 5.82 Å². The van der Waals surface area contributed by atoms with Crippen LogP contribution in [-0.4, -0.2) is 26.4 Å². The Morgan fingerprint density at radius 3 is 3.05 bits per heavy atom. The molecule has 6 heteroatoms. The quantitative estimate of drug-likeness (QED) is 0.864. The van der Waals surface area contributed by atoms with E-state index in [2.05, 4.69) is 31.8 Å². The number of nitriles is 1. The predicted octanol–water partition coefficient (Wildman–Crippen LogP) is 1.66. The summed E-state index contributed by atoms with van der Waals surface area (Å²) in [5, 5.41) is 28.0. The van der Waals surface area contributed by atoms with E-state index in [9.17, 15) is 5.26 Å². The van der Waals surface area contributed by atoms with Gasteiger partial charge in [0, 0.05) is 18.2 Å². The van der Waals surface area contributed by atoms with Crippen LogP contribution in [0.3, 0.4) is 0 Å². The Balaban J connectivity index is 1.83. The number of rotatable bonds is 2. The van der Waals surface area contributed by atoms with Crippen molar-refractivity contribution >= 4 is 5.82 Å². The predicted molar refractivity (Wildman–Crippen MR) is 74.2 cm³/mol. The zero-order valence-corrected chi connectivity index (χ0v) is 11.6. The van der Waals surface area contributed by atoms with Gasteiger partial charge in [-0.2, -0.15) is 15.5 Å². The molecule has 0 saturated heterocycles. The van der Waals surface area contributed by atoms with Gasteiger partial charge in [-0.1, -0.05) is 0 Å². The summed E-state index contributed by atoms with van der Waals surface area (Å²) in [6.07, 6.45) is 4.76. The number of H-pyrrole nitrogens is 1. The first kappa shape index (κ1) is 12.6. The molecular weight excluding hydrogens is 252 g/mol. The maximum atomic E-state index is 9.30. The summed E-state index contributed by atoms with van der Waals surface area (Å²) >= 11 is 0. The van der Waals surface area contributed by atoms with Gasteiger partial charge in [0.05, 0.1) is 11.9 Å². The lowest BCUT2D eigenvalue weighted by molar-refractivity contribution is 0.599. The minimum Gasteiger partial charge on any atom is -0.364 e. The first-order valence-electron chi connectivity index (χ1n) is 6.70. The van der Waals surface area contributed by atoms with Crippen molar-refractivity contribution in [1.29, 1.82) is 5.26 Å². The van der Waals surface area contributed by atoms with E-state index < -0.39 is 0 Å². The smallest absolute Gasteiger partial charge is 0.167 e. The lowest BCUT2D eigenvalue weighted by atomic mass is 9.93. The SMILES string of the molecule is Cc1nnc(NC2CCc3cn[nH]c3C2)c(C#N)c1C. The highest BCUT2D eigenvalue weighted by molar-refractivity contribution is 5.56. The first-order chi connectivity index (χ1) is 9.69. The van der Waals surface area contributed by atoms with Crippen LogP contribution >= 0.6 is 0 Å². The summed E-state index contributed by atoms with van der Waals surface area (Å²) < 4.78 is 0. The molecule has 1 aliphatic carbocycles. The van der Waals surface area contributed by atoms with Gasteiger partial charge >= 0.3 is 0 Å². The topological polar surface area (TPSA) is 90.3 Å². The van der Waals surface area contributed by atoms with Crippen LogP contribution in [0.2, 0.25) is 0 Å². The molecule has 1 unspecified atom stereocenters. The molecule has 0 aromatic carbocycles. The number of hydrogen-bond acceptors (Lipinski definition) is 5. The van der Waals surface area contributed by atoms with Gasteiger partial charge in [-0.05, 0) is 37.8 Å². The van der Waals surface area contributed by atoms with Crippen molar-refractivity contribution < 1.29 is 0 Å². The Bertz CT molecular complexity index is 681. The van der Waals surface area contributed by atoms with Crippen molar-refractivity contribution in [2.24, 2.45) is 0 Å². The normalized spacial score (nSPS) is 17.4. The summed E-state index contributed by atoms with van der Waals surface area (Å²) in [6.45, 7) is 3.77. The number of anilines is 1. The summed E-state index contributed by atoms with van der Waals surface area (Å²) in [5.41, 5.74) is 4.74. The minimum atomic E-state index is 0.256. The van der Waals surface area contributed by atoms with E-state index in [1.807, 2.05) is 20.0 Å². The highest BCUT2D eigenvalue weighted by Gasteiger charge is 2.22. The Labute approximate surface area is 117 Å². The van der Waals surface area contributed by atoms with E-state index in [0.717, 1.165) is 30.5 Å². The third-order valence-corrected chi connectivity index (χ3v) is 3.93. The van der Waals surface area contributed by atoms with Crippen molar-refractivity contribution in [2.45, 2.75) is 39.2 Å². The maximum Gasteiger partial charge on any atom is 0.167 e. The zero-order valence-electron chi connectivity index (χ0n) is 11.6. The van der Waals surface area contributed by atoms with Crippen LogP contribution < -0.4 is 5.32 Å². The lowest BCUT2D eigenvalue weighted by Gasteiger charge is -2.23. The number of fused-ring (bicyclic) bond motifs is 1. The van der Waals surface area contributed by atoms with Gasteiger partial charge in [-0.3, -0.25) is 5.10 Å². The zero-order chi connectivity index (χ0) is 14.1. The summed E-state index contributed by atoms with van der Waals surface area (Å²) in [5.74, 6) is 0.587. The summed E-state index contributed by atoms with van der Waals surface area (Å²) in [7, 11) is 0. The van der Waals surface area contributed by atoms with Crippen molar-refractivity contribution in [1.82, 2.24) is 20.4 Å². The molecule has 0 spiro atoms. The molecular formula is C14H16N6. The van der Waals surface area contributed by atoms with Crippen molar-refractivity contribution in [3.63, 3.8) is 0 Å². The first-order valence-corrected chi connectivity index (χ1v) is 6.70. The molecule has 2 aromatic heterocycles. The average molecular weight is 268 g/mol. The second-order valence-corrected chi connectivity index (χ2v) is 5.20. The third-order valence-electron chi connectivity index (χ3n) is 3.93. The molecule has 1 aliphatic rings. The van der Waals surface area contributed by atoms with Crippen LogP contribution in [0.5, 0.6) is 0 Å². The Morgan fingerprint density at radius 1 is 1.40 bits per heavy atom. The van der Waals surface area contributed by atoms with Gasteiger partial charge in [0.25, 0.3) is 0 Å². The van der Waals surface area contributed by atoms with Crippen LogP contribution in [0.25, 0.3) is 0 Å². The maximum absolute atomic E-state index is 9.30. The Hall–Kier alpha value is -2.42. The second-order valence-electron chi connectivity index (χ2n) is 5.20. The molecule has 2 heterocycles. The number of nitrogens with zero attached hydrogens (tertiary/aromatic N) is 4. The van der Waals surface area contributed by atoms with Crippen LogP contribution in [0.15, 0.2) is 6.20 Å². The number of aromatic nitrogens is 4. The van der Waals surface area contributed by atoms with E-state index >= 15 is 0 Å². The molecule has 2 aromatic rings. The molecule has 0 saturated carbocycles. The van der Waals surface area contributed by atoms with E-state index in [-0.39, 0.29) is 6.04 Å². The fourth-order valence-corrected chi connectivity index (χ4v) is 2.57. The van der Waals surface area contributed by atoms with E-state index in [1.54, 1.807) is 0 Å². The van der Waals surface area contributed by atoms with Crippen molar-refractivity contribution in [3.8, 4) is 6.07 Å². The van der Waals surface area contributed by atoms with Crippen LogP contribution in [0, 0.1) is 25.2 Å². The standard InChI is InChI=1S/C14H16N6/c1-8-9(2)18-20-14(12(8)6-15)17-11-4-3-10-7-16-19-13(10)5-11/h7,11H,3-5H2,1-2H3,(H,16,19)(H,17,20). The summed E-state index contributed by atoms with van der Waals surface area (Å²) in [6, 6.07) is 2.48. The van der Waals surface area contributed by atoms with E-state index in [1.165, 1.54) is 11.3 Å². The fourth-order valence-electron chi connectivity index (χ4n) is 2.57. The number of aromatic amines is 1. The Kier molecular flexibility index (Phi) is 3.11. The molecule has 3 rings (SSSR count). The molecule has 102 valence electrons.